The van der Waals surface area contributed by atoms with E-state index in [1.54, 1.807) is 48.8 Å². The summed E-state index contributed by atoms with van der Waals surface area (Å²) in [4.78, 5) is 7.45. The minimum absolute atomic E-state index is 0.0165. The number of aryl methyl sites for hydroxylation is 1. The van der Waals surface area contributed by atoms with Crippen molar-refractivity contribution in [2.24, 2.45) is 0 Å². The Labute approximate surface area is 164 Å². The van der Waals surface area contributed by atoms with E-state index in [4.69, 9.17) is 4.52 Å². The van der Waals surface area contributed by atoms with Gasteiger partial charge in [-0.3, -0.25) is 4.98 Å². The van der Waals surface area contributed by atoms with Crippen molar-refractivity contribution in [3.63, 3.8) is 0 Å². The van der Waals surface area contributed by atoms with Gasteiger partial charge in [-0.05, 0) is 29.7 Å². The van der Waals surface area contributed by atoms with Crippen LogP contribution in [-0.2, 0) is 5.75 Å². The first kappa shape index (κ1) is 19.9. The molecule has 144 valence electrons. The van der Waals surface area contributed by atoms with Crippen molar-refractivity contribution in [3.8, 4) is 11.4 Å². The highest BCUT2D eigenvalue weighted by Crippen LogP contribution is 2.41. The molecule has 0 aliphatic carbocycles. The zero-order valence-corrected chi connectivity index (χ0v) is 15.7. The SMILES string of the molecule is C=C/C(=C(\SCc1nc(-c2ccncc2C)no1)C(F)(F)F)c1ccccc1. The summed E-state index contributed by atoms with van der Waals surface area (Å²) in [6.45, 7) is 5.39. The number of alkyl halides is 3. The molecule has 2 aromatic heterocycles. The Kier molecular flexibility index (Phi) is 5.99. The van der Waals surface area contributed by atoms with Crippen LogP contribution in [0.5, 0.6) is 0 Å². The van der Waals surface area contributed by atoms with Crippen LogP contribution in [0.25, 0.3) is 17.0 Å². The quantitative estimate of drug-likeness (QED) is 0.485. The monoisotopic (exact) mass is 403 g/mol. The number of aromatic nitrogens is 3. The van der Waals surface area contributed by atoms with Crippen molar-refractivity contribution in [2.45, 2.75) is 18.9 Å². The van der Waals surface area contributed by atoms with E-state index in [1.807, 2.05) is 6.92 Å². The Bertz CT molecular complexity index is 997. The minimum atomic E-state index is -4.53. The third-order valence-electron chi connectivity index (χ3n) is 3.86. The highest BCUT2D eigenvalue weighted by Gasteiger charge is 2.37. The summed E-state index contributed by atoms with van der Waals surface area (Å²) in [5.41, 5.74) is 2.02. The molecule has 0 fully saturated rings. The lowest BCUT2D eigenvalue weighted by Crippen LogP contribution is -2.11. The average Bonchev–Trinajstić information content (AvgIpc) is 3.14. The Morgan fingerprint density at radius 3 is 2.61 bits per heavy atom. The van der Waals surface area contributed by atoms with Crippen molar-refractivity contribution in [3.05, 3.63) is 83.4 Å². The van der Waals surface area contributed by atoms with Crippen LogP contribution in [0.15, 0.2) is 70.9 Å². The second-order valence-electron chi connectivity index (χ2n) is 5.80. The first-order valence-electron chi connectivity index (χ1n) is 8.26. The van der Waals surface area contributed by atoms with Crippen LogP contribution < -0.4 is 0 Å². The Morgan fingerprint density at radius 2 is 1.96 bits per heavy atom. The van der Waals surface area contributed by atoms with Crippen LogP contribution in [0.2, 0.25) is 0 Å². The van der Waals surface area contributed by atoms with E-state index in [9.17, 15) is 13.2 Å². The second kappa shape index (κ2) is 8.43. The molecule has 3 aromatic rings. The third-order valence-corrected chi connectivity index (χ3v) is 4.99. The number of hydrogen-bond acceptors (Lipinski definition) is 5. The molecule has 0 amide bonds. The van der Waals surface area contributed by atoms with E-state index in [0.29, 0.717) is 23.1 Å². The van der Waals surface area contributed by atoms with E-state index < -0.39 is 11.1 Å². The van der Waals surface area contributed by atoms with Gasteiger partial charge in [0.15, 0.2) is 0 Å². The summed E-state index contributed by atoms with van der Waals surface area (Å²) in [6, 6.07) is 10.0. The molecule has 0 radical (unpaired) electrons. The van der Waals surface area contributed by atoms with E-state index in [0.717, 1.165) is 11.1 Å². The summed E-state index contributed by atoms with van der Waals surface area (Å²) in [6.07, 6.45) is -0.0754. The maximum Gasteiger partial charge on any atom is 0.422 e. The average molecular weight is 403 g/mol. The smallest absolute Gasteiger partial charge is 0.338 e. The molecule has 0 aliphatic heterocycles. The Hall–Kier alpha value is -2.87. The Morgan fingerprint density at radius 1 is 1.21 bits per heavy atom. The molecule has 0 saturated heterocycles. The van der Waals surface area contributed by atoms with Gasteiger partial charge < -0.3 is 4.52 Å². The lowest BCUT2D eigenvalue weighted by Gasteiger charge is -2.15. The van der Waals surface area contributed by atoms with Gasteiger partial charge in [0.1, 0.15) is 0 Å². The van der Waals surface area contributed by atoms with E-state index in [2.05, 4.69) is 21.7 Å². The number of halogens is 3. The summed E-state index contributed by atoms with van der Waals surface area (Å²) in [5, 5.41) is 3.87. The van der Waals surface area contributed by atoms with Gasteiger partial charge >= 0.3 is 6.18 Å². The summed E-state index contributed by atoms with van der Waals surface area (Å²) < 4.78 is 46.1. The first-order valence-corrected chi connectivity index (χ1v) is 9.24. The molecule has 0 atom stereocenters. The molecule has 0 spiro atoms. The number of allylic oxidation sites excluding steroid dienone is 3. The fourth-order valence-corrected chi connectivity index (χ4v) is 3.46. The molecule has 4 nitrogen and oxygen atoms in total. The zero-order chi connectivity index (χ0) is 20.1. The topological polar surface area (TPSA) is 51.8 Å². The third kappa shape index (κ3) is 4.51. The molecule has 3 rings (SSSR count). The van der Waals surface area contributed by atoms with Crippen molar-refractivity contribution < 1.29 is 17.7 Å². The predicted octanol–water partition coefficient (Wildman–Crippen LogP) is 5.83. The predicted molar refractivity (Wildman–Crippen MR) is 103 cm³/mol. The number of rotatable bonds is 6. The van der Waals surface area contributed by atoms with Crippen LogP contribution in [0.4, 0.5) is 13.2 Å². The van der Waals surface area contributed by atoms with Crippen molar-refractivity contribution in [1.29, 1.82) is 0 Å². The molecule has 28 heavy (non-hydrogen) atoms. The summed E-state index contributed by atoms with van der Waals surface area (Å²) >= 11 is 0.597. The van der Waals surface area contributed by atoms with Crippen LogP contribution in [0.3, 0.4) is 0 Å². The zero-order valence-electron chi connectivity index (χ0n) is 14.9. The van der Waals surface area contributed by atoms with Crippen LogP contribution in [0, 0.1) is 6.92 Å². The normalized spacial score (nSPS) is 12.6. The molecular formula is C20H16F3N3OS. The highest BCUT2D eigenvalue weighted by molar-refractivity contribution is 8.02. The van der Waals surface area contributed by atoms with Gasteiger partial charge in [-0.25, -0.2) is 0 Å². The van der Waals surface area contributed by atoms with Gasteiger partial charge in [0, 0.05) is 18.0 Å². The molecule has 0 bridgehead atoms. The summed E-state index contributed by atoms with van der Waals surface area (Å²) in [7, 11) is 0. The second-order valence-corrected chi connectivity index (χ2v) is 6.79. The summed E-state index contributed by atoms with van der Waals surface area (Å²) in [5.74, 6) is 0.311. The molecule has 0 N–H and O–H groups in total. The number of pyridine rings is 1. The number of hydrogen-bond donors (Lipinski definition) is 0. The van der Waals surface area contributed by atoms with E-state index in [1.165, 1.54) is 6.08 Å². The number of thioether (sulfide) groups is 1. The lowest BCUT2D eigenvalue weighted by atomic mass is 10.1. The number of nitrogens with zero attached hydrogens (tertiary/aromatic N) is 3. The van der Waals surface area contributed by atoms with Gasteiger partial charge in [-0.1, -0.05) is 48.1 Å². The van der Waals surface area contributed by atoms with Crippen molar-refractivity contribution >= 4 is 17.3 Å². The molecule has 2 heterocycles. The van der Waals surface area contributed by atoms with Gasteiger partial charge in [-0.15, -0.1) is 11.8 Å². The molecule has 0 aliphatic rings. The standard InChI is InChI=1S/C20H16F3N3OS/c1-3-15(14-7-5-4-6-8-14)18(20(21,22)23)28-12-17-25-19(26-27-17)16-9-10-24-11-13(16)2/h3-11H,1,12H2,2H3/b18-15+. The molecule has 8 heteroatoms. The largest absolute Gasteiger partial charge is 0.422 e. The minimum Gasteiger partial charge on any atom is -0.338 e. The lowest BCUT2D eigenvalue weighted by molar-refractivity contribution is -0.0830. The van der Waals surface area contributed by atoms with Gasteiger partial charge in [-0.2, -0.15) is 18.2 Å². The van der Waals surface area contributed by atoms with E-state index >= 15 is 0 Å². The molecule has 0 saturated carbocycles. The van der Waals surface area contributed by atoms with Crippen molar-refractivity contribution in [2.75, 3.05) is 0 Å². The van der Waals surface area contributed by atoms with E-state index in [-0.39, 0.29) is 17.2 Å². The van der Waals surface area contributed by atoms with Crippen LogP contribution in [-0.4, -0.2) is 21.3 Å². The fraction of sp³-hybridized carbons (Fsp3) is 0.150. The van der Waals surface area contributed by atoms with Gasteiger partial charge in [0.25, 0.3) is 0 Å². The van der Waals surface area contributed by atoms with Gasteiger partial charge in [0.05, 0.1) is 10.7 Å². The van der Waals surface area contributed by atoms with Gasteiger partial charge in [0.2, 0.25) is 11.7 Å². The fourth-order valence-electron chi connectivity index (χ4n) is 2.55. The highest BCUT2D eigenvalue weighted by atomic mass is 32.2. The van der Waals surface area contributed by atoms with Crippen LogP contribution in [0.1, 0.15) is 17.0 Å². The maximum absolute atomic E-state index is 13.7. The molecular weight excluding hydrogens is 387 g/mol. The first-order chi connectivity index (χ1) is 13.4. The molecule has 0 unspecified atom stereocenters. The maximum atomic E-state index is 13.7. The Balaban J connectivity index is 1.87. The number of benzene rings is 1. The van der Waals surface area contributed by atoms with Crippen molar-refractivity contribution in [1.82, 2.24) is 15.1 Å². The molecule has 1 aromatic carbocycles. The van der Waals surface area contributed by atoms with Crippen LogP contribution >= 0.6 is 11.8 Å².